The van der Waals surface area contributed by atoms with Crippen LogP contribution >= 0.6 is 46.4 Å². The van der Waals surface area contributed by atoms with Crippen molar-refractivity contribution in [1.29, 1.82) is 0 Å². The molecule has 0 aliphatic carbocycles. The molecule has 0 saturated heterocycles. The summed E-state index contributed by atoms with van der Waals surface area (Å²) >= 11 is 23.9. The molecule has 1 aliphatic heterocycles. The van der Waals surface area contributed by atoms with Crippen LogP contribution in [-0.2, 0) is 19.1 Å². The zero-order valence-electron chi connectivity index (χ0n) is 22.3. The van der Waals surface area contributed by atoms with E-state index in [0.717, 1.165) is 16.3 Å². The highest BCUT2D eigenvalue weighted by molar-refractivity contribution is 6.44. The van der Waals surface area contributed by atoms with Crippen molar-refractivity contribution in [1.82, 2.24) is 9.78 Å². The van der Waals surface area contributed by atoms with Crippen LogP contribution in [0.1, 0.15) is 42.5 Å². The van der Waals surface area contributed by atoms with Crippen molar-refractivity contribution in [2.75, 3.05) is 18.2 Å². The molecular formula is C27H26Cl4N4O5. The number of hydrogen-bond acceptors (Lipinski definition) is 7. The number of amides is 1. The summed E-state index contributed by atoms with van der Waals surface area (Å²) in [5, 5.41) is 11.2. The maximum absolute atomic E-state index is 12.2. The summed E-state index contributed by atoms with van der Waals surface area (Å²) in [5.41, 5.74) is 3.03. The van der Waals surface area contributed by atoms with Crippen LogP contribution in [0.4, 0.5) is 5.69 Å². The van der Waals surface area contributed by atoms with E-state index in [-0.39, 0.29) is 23.2 Å². The lowest BCUT2D eigenvalue weighted by molar-refractivity contribution is -0.135. The van der Waals surface area contributed by atoms with E-state index in [9.17, 15) is 14.4 Å². The smallest absolute Gasteiger partial charge is 0.359 e. The monoisotopic (exact) mass is 626 g/mol. The van der Waals surface area contributed by atoms with Crippen LogP contribution < -0.4 is 5.01 Å². The average Bonchev–Trinajstić information content (AvgIpc) is 3.35. The Morgan fingerprint density at radius 3 is 1.93 bits per heavy atom. The number of ether oxygens (including phenoxy) is 2. The first-order valence-corrected chi connectivity index (χ1v) is 13.7. The van der Waals surface area contributed by atoms with Crippen LogP contribution in [0.5, 0.6) is 0 Å². The van der Waals surface area contributed by atoms with Gasteiger partial charge in [-0.15, -0.1) is 0 Å². The average molecular weight is 628 g/mol. The molecule has 1 amide bonds. The van der Waals surface area contributed by atoms with Crippen LogP contribution in [0.2, 0.25) is 20.1 Å². The quantitative estimate of drug-likeness (QED) is 0.276. The van der Waals surface area contributed by atoms with Crippen molar-refractivity contribution in [3.63, 3.8) is 0 Å². The Morgan fingerprint density at radius 1 is 0.875 bits per heavy atom. The van der Waals surface area contributed by atoms with Crippen molar-refractivity contribution in [3.8, 4) is 5.69 Å². The second-order valence-corrected chi connectivity index (χ2v) is 10.1. The Labute approximate surface area is 251 Å². The summed E-state index contributed by atoms with van der Waals surface area (Å²) in [5.74, 6) is -2.03. The minimum atomic E-state index is -0.666. The summed E-state index contributed by atoms with van der Waals surface area (Å²) in [6.45, 7) is 9.28. The molecule has 1 aliphatic rings. The summed E-state index contributed by atoms with van der Waals surface area (Å²) < 4.78 is 11.5. The first-order chi connectivity index (χ1) is 18.9. The van der Waals surface area contributed by atoms with Gasteiger partial charge in [0.2, 0.25) is 0 Å². The van der Waals surface area contributed by atoms with Gasteiger partial charge in [0.25, 0.3) is 5.91 Å². The Balaban J connectivity index is 0.000000220. The van der Waals surface area contributed by atoms with Gasteiger partial charge in [0, 0.05) is 21.3 Å². The van der Waals surface area contributed by atoms with Gasteiger partial charge in [-0.25, -0.2) is 14.3 Å². The molecule has 3 aromatic rings. The van der Waals surface area contributed by atoms with Gasteiger partial charge in [-0.05, 0) is 71.0 Å². The van der Waals surface area contributed by atoms with E-state index in [2.05, 4.69) is 10.2 Å². The van der Waals surface area contributed by atoms with Gasteiger partial charge in [-0.1, -0.05) is 46.4 Å². The molecule has 0 N–H and O–H groups in total. The Morgan fingerprint density at radius 2 is 1.40 bits per heavy atom. The largest absolute Gasteiger partial charge is 0.461 e. The van der Waals surface area contributed by atoms with Gasteiger partial charge in [-0.2, -0.15) is 15.2 Å². The van der Waals surface area contributed by atoms with E-state index in [1.165, 1.54) is 6.07 Å². The Kier molecular flexibility index (Phi) is 10.6. The van der Waals surface area contributed by atoms with E-state index >= 15 is 0 Å². The van der Waals surface area contributed by atoms with Gasteiger partial charge < -0.3 is 9.47 Å². The molecular weight excluding hydrogens is 602 g/mol. The van der Waals surface area contributed by atoms with Crippen LogP contribution in [0, 0.1) is 19.8 Å². The van der Waals surface area contributed by atoms with Crippen molar-refractivity contribution in [3.05, 3.63) is 73.4 Å². The number of carbonyl (C=O) groups is 3. The fourth-order valence-corrected chi connectivity index (χ4v) is 4.63. The van der Waals surface area contributed by atoms with E-state index in [1.807, 2.05) is 13.8 Å². The lowest BCUT2D eigenvalue weighted by Crippen LogP contribution is -2.28. The number of carbonyl (C=O) groups excluding carboxylic acids is 3. The minimum absolute atomic E-state index is 0.0721. The van der Waals surface area contributed by atoms with E-state index in [0.29, 0.717) is 38.7 Å². The second kappa shape index (κ2) is 13.5. The summed E-state index contributed by atoms with van der Waals surface area (Å²) in [4.78, 5) is 35.8. The highest BCUT2D eigenvalue weighted by Gasteiger charge is 2.38. The summed E-state index contributed by atoms with van der Waals surface area (Å²) in [6.07, 6.45) is 0. The summed E-state index contributed by atoms with van der Waals surface area (Å²) in [7, 11) is 0. The van der Waals surface area contributed by atoms with Crippen molar-refractivity contribution in [2.45, 2.75) is 34.6 Å². The standard InChI is InChI=1S/C14H14Cl2N2O2.C13H12Cl2N2O3/c1-4-20-14(19)13-8(2)9(3)18(17-13)12-6-5-10(15)7-11(12)16;1-3-20-13(19)11-7(2)12(18)17(16-11)10-5-4-8(14)6-9(10)15/h5-7H,4H2,1-3H3;4-7H,3H2,1-2H3. The SMILES string of the molecule is CCOC(=O)C1=NN(c2ccc(Cl)cc2Cl)C(=O)C1C.CCOC(=O)c1nn(-c2ccc(Cl)cc2Cl)c(C)c1C. The normalized spacial score (nSPS) is 14.4. The molecule has 1 aromatic heterocycles. The van der Waals surface area contributed by atoms with Crippen LogP contribution in [-0.4, -0.2) is 46.6 Å². The Bertz CT molecular complexity index is 1490. The van der Waals surface area contributed by atoms with Gasteiger partial charge in [0.15, 0.2) is 11.4 Å². The van der Waals surface area contributed by atoms with Crippen LogP contribution in [0.15, 0.2) is 41.5 Å². The van der Waals surface area contributed by atoms with Crippen LogP contribution in [0.3, 0.4) is 0 Å². The lowest BCUT2D eigenvalue weighted by Gasteiger charge is -2.14. The molecule has 4 rings (SSSR count). The molecule has 1 atom stereocenters. The molecule has 212 valence electrons. The van der Waals surface area contributed by atoms with E-state index in [4.69, 9.17) is 55.9 Å². The molecule has 0 bridgehead atoms. The molecule has 40 heavy (non-hydrogen) atoms. The maximum Gasteiger partial charge on any atom is 0.359 e. The van der Waals surface area contributed by atoms with Gasteiger partial charge in [-0.3, -0.25) is 4.79 Å². The van der Waals surface area contributed by atoms with E-state index in [1.54, 1.807) is 55.8 Å². The van der Waals surface area contributed by atoms with Crippen LogP contribution in [0.25, 0.3) is 5.69 Å². The number of esters is 2. The highest BCUT2D eigenvalue weighted by Crippen LogP contribution is 2.33. The summed E-state index contributed by atoms with van der Waals surface area (Å²) in [6, 6.07) is 9.81. The molecule has 0 saturated carbocycles. The number of anilines is 1. The van der Waals surface area contributed by atoms with Gasteiger partial charge >= 0.3 is 11.9 Å². The number of aromatic nitrogens is 2. The molecule has 9 nitrogen and oxygen atoms in total. The van der Waals surface area contributed by atoms with Crippen molar-refractivity contribution in [2.24, 2.45) is 11.0 Å². The molecule has 2 aromatic carbocycles. The lowest BCUT2D eigenvalue weighted by atomic mass is 10.1. The molecule has 1 unspecified atom stereocenters. The molecule has 0 fully saturated rings. The topological polar surface area (TPSA) is 103 Å². The second-order valence-electron chi connectivity index (χ2n) is 8.46. The fourth-order valence-electron chi connectivity index (χ4n) is 3.65. The fraction of sp³-hybridized carbons (Fsp3) is 0.296. The number of rotatable bonds is 6. The molecule has 0 radical (unpaired) electrons. The zero-order chi connectivity index (χ0) is 29.7. The number of hydrazone groups is 1. The third-order valence-corrected chi connectivity index (χ3v) is 6.92. The first kappa shape index (κ1) is 31.4. The third-order valence-electron chi connectivity index (χ3n) is 5.84. The number of halogens is 4. The molecule has 13 heteroatoms. The molecule has 0 spiro atoms. The maximum atomic E-state index is 12.2. The van der Waals surface area contributed by atoms with Crippen molar-refractivity contribution < 1.29 is 23.9 Å². The van der Waals surface area contributed by atoms with Gasteiger partial charge in [0.05, 0.1) is 40.6 Å². The molecule has 2 heterocycles. The number of hydrogen-bond donors (Lipinski definition) is 0. The minimum Gasteiger partial charge on any atom is -0.461 e. The predicted molar refractivity (Wildman–Crippen MR) is 156 cm³/mol. The first-order valence-electron chi connectivity index (χ1n) is 12.1. The zero-order valence-corrected chi connectivity index (χ0v) is 25.3. The Hall–Kier alpha value is -3.11. The third kappa shape index (κ3) is 6.78. The van der Waals surface area contributed by atoms with Crippen molar-refractivity contribution >= 4 is 75.6 Å². The van der Waals surface area contributed by atoms with E-state index < -0.39 is 17.9 Å². The predicted octanol–water partition coefficient (Wildman–Crippen LogP) is 6.87. The number of nitrogens with zero attached hydrogens (tertiary/aromatic N) is 4. The number of benzene rings is 2. The van der Waals surface area contributed by atoms with Gasteiger partial charge in [0.1, 0.15) is 0 Å². The highest BCUT2D eigenvalue weighted by atomic mass is 35.5.